The van der Waals surface area contributed by atoms with Crippen LogP contribution in [0.15, 0.2) is 0 Å². The van der Waals surface area contributed by atoms with Crippen molar-refractivity contribution in [2.75, 3.05) is 12.0 Å². The van der Waals surface area contributed by atoms with Gasteiger partial charge in [-0.3, -0.25) is 4.79 Å². The molecule has 0 heterocycles. The molecule has 4 heteroatoms. The summed E-state index contributed by atoms with van der Waals surface area (Å²) in [5, 5.41) is 0. The summed E-state index contributed by atoms with van der Waals surface area (Å²) in [4.78, 5) is 12.0. The van der Waals surface area contributed by atoms with Gasteiger partial charge in [0.2, 0.25) is 0 Å². The van der Waals surface area contributed by atoms with Gasteiger partial charge >= 0.3 is 0 Å². The van der Waals surface area contributed by atoms with Gasteiger partial charge in [-0.25, -0.2) is 8.42 Å². The van der Waals surface area contributed by atoms with Crippen LogP contribution in [0.4, 0.5) is 0 Å². The van der Waals surface area contributed by atoms with Crippen molar-refractivity contribution in [2.45, 2.75) is 52.4 Å². The molecule has 1 fully saturated rings. The van der Waals surface area contributed by atoms with E-state index in [-0.39, 0.29) is 17.5 Å². The smallest absolute Gasteiger partial charge is 0.147 e. The Hall–Kier alpha value is -0.380. The summed E-state index contributed by atoms with van der Waals surface area (Å²) in [6, 6.07) is 0. The Kier molecular flexibility index (Phi) is 5.83. The molecule has 3 nitrogen and oxygen atoms in total. The summed E-state index contributed by atoms with van der Waals surface area (Å²) in [5.74, 6) is 2.09. The molecule has 1 saturated carbocycles. The fourth-order valence-electron chi connectivity index (χ4n) is 2.82. The predicted molar refractivity (Wildman–Crippen MR) is 74.2 cm³/mol. The highest BCUT2D eigenvalue weighted by molar-refractivity contribution is 7.90. The zero-order chi connectivity index (χ0) is 13.8. The van der Waals surface area contributed by atoms with E-state index in [0.717, 1.165) is 31.6 Å². The normalized spacial score (nSPS) is 25.3. The molecule has 0 amide bonds. The molecule has 0 aromatic heterocycles. The number of hydrogen-bond acceptors (Lipinski definition) is 3. The minimum absolute atomic E-state index is 0.139. The van der Waals surface area contributed by atoms with E-state index < -0.39 is 9.84 Å². The average Bonchev–Trinajstić information content (AvgIpc) is 2.27. The first kappa shape index (κ1) is 15.7. The Labute approximate surface area is 111 Å². The quantitative estimate of drug-likeness (QED) is 0.748. The summed E-state index contributed by atoms with van der Waals surface area (Å²) in [6.45, 7) is 4.50. The largest absolute Gasteiger partial charge is 0.299 e. The Morgan fingerprint density at radius 1 is 1.17 bits per heavy atom. The third-order valence-corrected chi connectivity index (χ3v) is 5.14. The lowest BCUT2D eigenvalue weighted by Gasteiger charge is -2.30. The van der Waals surface area contributed by atoms with E-state index in [0.29, 0.717) is 18.8 Å². The van der Waals surface area contributed by atoms with Crippen LogP contribution in [0.1, 0.15) is 52.4 Å². The molecule has 1 rings (SSSR count). The zero-order valence-electron chi connectivity index (χ0n) is 11.8. The number of rotatable bonds is 6. The van der Waals surface area contributed by atoms with Crippen LogP contribution in [0.2, 0.25) is 0 Å². The monoisotopic (exact) mass is 274 g/mol. The van der Waals surface area contributed by atoms with Gasteiger partial charge in [-0.05, 0) is 43.9 Å². The van der Waals surface area contributed by atoms with Gasteiger partial charge in [0.1, 0.15) is 15.6 Å². The SMILES string of the molecule is CC(C)C1CCC(C(=O)CCCS(C)(=O)=O)CC1. The molecule has 0 aromatic carbocycles. The van der Waals surface area contributed by atoms with Gasteiger partial charge in [0, 0.05) is 18.6 Å². The minimum atomic E-state index is -2.92. The zero-order valence-corrected chi connectivity index (χ0v) is 12.6. The fourth-order valence-corrected chi connectivity index (χ4v) is 3.49. The molecular formula is C14H26O3S. The maximum atomic E-state index is 12.0. The standard InChI is InChI=1S/C14H26O3S/c1-11(2)12-6-8-13(9-7-12)14(15)5-4-10-18(3,16)17/h11-13H,4-10H2,1-3H3. The van der Waals surface area contributed by atoms with Gasteiger partial charge in [-0.2, -0.15) is 0 Å². The lowest BCUT2D eigenvalue weighted by Crippen LogP contribution is -2.24. The van der Waals surface area contributed by atoms with Gasteiger partial charge in [0.15, 0.2) is 0 Å². The van der Waals surface area contributed by atoms with Gasteiger partial charge in [-0.15, -0.1) is 0 Å². The summed E-state index contributed by atoms with van der Waals surface area (Å²) in [7, 11) is -2.92. The molecule has 1 aliphatic carbocycles. The van der Waals surface area contributed by atoms with Crippen molar-refractivity contribution in [3.63, 3.8) is 0 Å². The lowest BCUT2D eigenvalue weighted by atomic mass is 9.75. The van der Waals surface area contributed by atoms with Crippen LogP contribution >= 0.6 is 0 Å². The number of ketones is 1. The van der Waals surface area contributed by atoms with Crippen LogP contribution in [0.5, 0.6) is 0 Å². The van der Waals surface area contributed by atoms with Gasteiger partial charge in [0.05, 0.1) is 5.75 Å². The molecule has 0 N–H and O–H groups in total. The first-order valence-electron chi connectivity index (χ1n) is 7.00. The van der Waals surface area contributed by atoms with Crippen LogP contribution in [-0.4, -0.2) is 26.2 Å². The Bertz CT molecular complexity index is 363. The van der Waals surface area contributed by atoms with E-state index in [1.54, 1.807) is 0 Å². The second kappa shape index (κ2) is 6.69. The molecule has 0 atom stereocenters. The highest BCUT2D eigenvalue weighted by atomic mass is 32.2. The summed E-state index contributed by atoms with van der Waals surface area (Å²) in [5.41, 5.74) is 0. The Morgan fingerprint density at radius 3 is 2.17 bits per heavy atom. The molecule has 18 heavy (non-hydrogen) atoms. The molecule has 0 bridgehead atoms. The third-order valence-electron chi connectivity index (χ3n) is 4.11. The van der Waals surface area contributed by atoms with E-state index in [1.165, 1.54) is 6.26 Å². The molecule has 0 aromatic rings. The first-order chi connectivity index (χ1) is 8.29. The van der Waals surface area contributed by atoms with Crippen molar-refractivity contribution in [3.8, 4) is 0 Å². The van der Waals surface area contributed by atoms with Gasteiger partial charge in [0.25, 0.3) is 0 Å². The van der Waals surface area contributed by atoms with Crippen molar-refractivity contribution in [2.24, 2.45) is 17.8 Å². The summed E-state index contributed by atoms with van der Waals surface area (Å²) in [6.07, 6.45) is 6.46. The van der Waals surface area contributed by atoms with Gasteiger partial charge in [-0.1, -0.05) is 13.8 Å². The lowest BCUT2D eigenvalue weighted by molar-refractivity contribution is -0.124. The maximum absolute atomic E-state index is 12.0. The number of hydrogen-bond donors (Lipinski definition) is 0. The van der Waals surface area contributed by atoms with Crippen LogP contribution in [0.3, 0.4) is 0 Å². The fraction of sp³-hybridized carbons (Fsp3) is 0.929. The molecule has 106 valence electrons. The molecular weight excluding hydrogens is 248 g/mol. The average molecular weight is 274 g/mol. The highest BCUT2D eigenvalue weighted by Crippen LogP contribution is 2.34. The molecule has 0 spiro atoms. The van der Waals surface area contributed by atoms with Crippen LogP contribution in [-0.2, 0) is 14.6 Å². The highest BCUT2D eigenvalue weighted by Gasteiger charge is 2.27. The van der Waals surface area contributed by atoms with E-state index in [1.807, 2.05) is 0 Å². The van der Waals surface area contributed by atoms with Crippen molar-refractivity contribution in [1.29, 1.82) is 0 Å². The van der Waals surface area contributed by atoms with Crippen LogP contribution in [0, 0.1) is 17.8 Å². The van der Waals surface area contributed by atoms with Crippen molar-refractivity contribution in [3.05, 3.63) is 0 Å². The maximum Gasteiger partial charge on any atom is 0.147 e. The second-order valence-corrected chi connectivity index (χ2v) is 8.32. The Morgan fingerprint density at radius 2 is 1.72 bits per heavy atom. The topological polar surface area (TPSA) is 51.2 Å². The van der Waals surface area contributed by atoms with E-state index in [9.17, 15) is 13.2 Å². The molecule has 0 aliphatic heterocycles. The number of carbonyl (C=O) groups is 1. The minimum Gasteiger partial charge on any atom is -0.299 e. The van der Waals surface area contributed by atoms with Crippen molar-refractivity contribution >= 4 is 15.6 Å². The first-order valence-corrected chi connectivity index (χ1v) is 9.06. The van der Waals surface area contributed by atoms with Crippen molar-refractivity contribution in [1.82, 2.24) is 0 Å². The van der Waals surface area contributed by atoms with Gasteiger partial charge < -0.3 is 0 Å². The van der Waals surface area contributed by atoms with E-state index in [2.05, 4.69) is 13.8 Å². The molecule has 1 aliphatic rings. The molecule has 0 radical (unpaired) electrons. The van der Waals surface area contributed by atoms with E-state index >= 15 is 0 Å². The molecule has 0 unspecified atom stereocenters. The summed E-state index contributed by atoms with van der Waals surface area (Å²) >= 11 is 0. The number of sulfone groups is 1. The third kappa shape index (κ3) is 5.51. The van der Waals surface area contributed by atoms with E-state index in [4.69, 9.17) is 0 Å². The second-order valence-electron chi connectivity index (χ2n) is 6.06. The summed E-state index contributed by atoms with van der Waals surface area (Å²) < 4.78 is 22.0. The van der Waals surface area contributed by atoms with Crippen molar-refractivity contribution < 1.29 is 13.2 Å². The number of Topliss-reactive ketones (excluding diaryl/α,β-unsaturated/α-hetero) is 1. The van der Waals surface area contributed by atoms with Crippen LogP contribution < -0.4 is 0 Å². The molecule has 0 saturated heterocycles. The Balaban J connectivity index is 2.28. The number of carbonyl (C=O) groups excluding carboxylic acids is 1. The predicted octanol–water partition coefficient (Wildman–Crippen LogP) is 2.84. The van der Waals surface area contributed by atoms with Crippen LogP contribution in [0.25, 0.3) is 0 Å².